The molecule has 1 aliphatic rings. The van der Waals surface area contributed by atoms with Crippen LogP contribution < -0.4 is 10.1 Å². The van der Waals surface area contributed by atoms with Crippen molar-refractivity contribution < 1.29 is 14.3 Å². The molecule has 3 rings (SSSR count). The van der Waals surface area contributed by atoms with E-state index in [0.717, 1.165) is 25.2 Å². The third kappa shape index (κ3) is 4.94. The first-order chi connectivity index (χ1) is 13.6. The van der Waals surface area contributed by atoms with Crippen LogP contribution in [0.2, 0.25) is 0 Å². The van der Waals surface area contributed by atoms with Gasteiger partial charge in [-0.05, 0) is 49.1 Å². The molecule has 1 aromatic carbocycles. The zero-order valence-electron chi connectivity index (χ0n) is 15.9. The minimum absolute atomic E-state index is 0.00198. The Bertz CT molecular complexity index is 851. The van der Waals surface area contributed by atoms with E-state index in [-0.39, 0.29) is 11.8 Å². The molecule has 1 aliphatic heterocycles. The van der Waals surface area contributed by atoms with Crippen LogP contribution in [-0.4, -0.2) is 46.9 Å². The SMILES string of the molecule is C=CC(=O)Nc1ccc(C(=O)N2CCC[C@@H](Cc3nccc(OC)n3)C2)cc1. The monoisotopic (exact) mass is 380 g/mol. The Morgan fingerprint density at radius 1 is 1.32 bits per heavy atom. The summed E-state index contributed by atoms with van der Waals surface area (Å²) >= 11 is 0. The molecule has 1 fully saturated rings. The lowest BCUT2D eigenvalue weighted by Gasteiger charge is -2.32. The van der Waals surface area contributed by atoms with Gasteiger partial charge in [0.05, 0.1) is 7.11 Å². The Morgan fingerprint density at radius 2 is 2.11 bits per heavy atom. The second-order valence-electron chi connectivity index (χ2n) is 6.75. The van der Waals surface area contributed by atoms with Crippen LogP contribution in [0.15, 0.2) is 49.2 Å². The van der Waals surface area contributed by atoms with E-state index in [1.807, 2.05) is 4.90 Å². The number of nitrogens with one attached hydrogen (secondary N) is 1. The number of hydrogen-bond donors (Lipinski definition) is 1. The second kappa shape index (κ2) is 9.12. The van der Waals surface area contributed by atoms with Crippen LogP contribution in [0.5, 0.6) is 5.88 Å². The number of benzene rings is 1. The van der Waals surface area contributed by atoms with Crippen LogP contribution in [-0.2, 0) is 11.2 Å². The standard InChI is InChI=1S/C21H24N4O3/c1-3-19(26)23-17-8-6-16(7-9-17)21(27)25-12-4-5-15(14-25)13-18-22-11-10-20(24-18)28-2/h3,6-11,15H,1,4-5,12-14H2,2H3,(H,23,26)/t15-/m0/s1. The number of methoxy groups -OCH3 is 1. The zero-order chi connectivity index (χ0) is 19.9. The molecule has 1 saturated heterocycles. The van der Waals surface area contributed by atoms with Crippen molar-refractivity contribution in [1.29, 1.82) is 0 Å². The smallest absolute Gasteiger partial charge is 0.253 e. The number of rotatable bonds is 6. The predicted molar refractivity (Wildman–Crippen MR) is 106 cm³/mol. The van der Waals surface area contributed by atoms with E-state index < -0.39 is 0 Å². The topological polar surface area (TPSA) is 84.4 Å². The van der Waals surface area contributed by atoms with Crippen molar-refractivity contribution in [1.82, 2.24) is 14.9 Å². The van der Waals surface area contributed by atoms with Gasteiger partial charge < -0.3 is 15.0 Å². The molecule has 1 atom stereocenters. The van der Waals surface area contributed by atoms with Crippen molar-refractivity contribution in [3.05, 3.63) is 60.6 Å². The first-order valence-electron chi connectivity index (χ1n) is 9.27. The number of aromatic nitrogens is 2. The molecule has 7 nitrogen and oxygen atoms in total. The highest BCUT2D eigenvalue weighted by atomic mass is 16.5. The van der Waals surface area contributed by atoms with E-state index in [4.69, 9.17) is 4.74 Å². The Balaban J connectivity index is 1.62. The molecule has 0 radical (unpaired) electrons. The van der Waals surface area contributed by atoms with E-state index in [1.54, 1.807) is 43.6 Å². The summed E-state index contributed by atoms with van der Waals surface area (Å²) in [4.78, 5) is 34.8. The Labute approximate surface area is 164 Å². The highest BCUT2D eigenvalue weighted by molar-refractivity contribution is 5.99. The van der Waals surface area contributed by atoms with Gasteiger partial charge in [-0.25, -0.2) is 4.98 Å². The number of hydrogen-bond acceptors (Lipinski definition) is 5. The summed E-state index contributed by atoms with van der Waals surface area (Å²) in [7, 11) is 1.58. The third-order valence-corrected chi connectivity index (χ3v) is 4.75. The normalized spacial score (nSPS) is 16.3. The van der Waals surface area contributed by atoms with Gasteiger partial charge >= 0.3 is 0 Å². The van der Waals surface area contributed by atoms with Gasteiger partial charge in [-0.1, -0.05) is 6.58 Å². The molecule has 0 saturated carbocycles. The lowest BCUT2D eigenvalue weighted by Crippen LogP contribution is -2.40. The molecular weight excluding hydrogens is 356 g/mol. The fourth-order valence-electron chi connectivity index (χ4n) is 3.34. The lowest BCUT2D eigenvalue weighted by atomic mass is 9.94. The van der Waals surface area contributed by atoms with E-state index in [0.29, 0.717) is 36.0 Å². The summed E-state index contributed by atoms with van der Waals surface area (Å²) in [6.07, 6.45) is 5.61. The highest BCUT2D eigenvalue weighted by Gasteiger charge is 2.25. The highest BCUT2D eigenvalue weighted by Crippen LogP contribution is 2.22. The van der Waals surface area contributed by atoms with Crippen molar-refractivity contribution in [2.24, 2.45) is 5.92 Å². The van der Waals surface area contributed by atoms with Crippen LogP contribution in [0.1, 0.15) is 29.0 Å². The summed E-state index contributed by atoms with van der Waals surface area (Å²) in [5.41, 5.74) is 1.24. The average molecular weight is 380 g/mol. The van der Waals surface area contributed by atoms with Gasteiger partial charge in [-0.3, -0.25) is 9.59 Å². The summed E-state index contributed by atoms with van der Waals surface area (Å²) in [5.74, 6) is 1.32. The average Bonchev–Trinajstić information content (AvgIpc) is 2.74. The van der Waals surface area contributed by atoms with Crippen molar-refractivity contribution in [2.45, 2.75) is 19.3 Å². The first-order valence-corrected chi connectivity index (χ1v) is 9.27. The minimum atomic E-state index is -0.280. The number of nitrogens with zero attached hydrogens (tertiary/aromatic N) is 3. The van der Waals surface area contributed by atoms with Crippen molar-refractivity contribution in [2.75, 3.05) is 25.5 Å². The van der Waals surface area contributed by atoms with Gasteiger partial charge in [-0.15, -0.1) is 0 Å². The Morgan fingerprint density at radius 3 is 2.82 bits per heavy atom. The van der Waals surface area contributed by atoms with Crippen LogP contribution in [0.4, 0.5) is 5.69 Å². The molecule has 2 heterocycles. The summed E-state index contributed by atoms with van der Waals surface area (Å²) < 4.78 is 5.15. The Kier molecular flexibility index (Phi) is 6.37. The number of carbonyl (C=O) groups excluding carboxylic acids is 2. The van der Waals surface area contributed by atoms with Gasteiger partial charge in [0.15, 0.2) is 0 Å². The first kappa shape index (κ1) is 19.5. The molecular formula is C21H24N4O3. The number of anilines is 1. The molecule has 28 heavy (non-hydrogen) atoms. The molecule has 0 bridgehead atoms. The largest absolute Gasteiger partial charge is 0.481 e. The predicted octanol–water partition coefficient (Wildman–Crippen LogP) is 2.70. The van der Waals surface area contributed by atoms with Crippen LogP contribution >= 0.6 is 0 Å². The molecule has 0 spiro atoms. The Hall–Kier alpha value is -3.22. The van der Waals surface area contributed by atoms with E-state index in [2.05, 4.69) is 21.9 Å². The van der Waals surface area contributed by atoms with Gasteiger partial charge in [0.25, 0.3) is 5.91 Å². The van der Waals surface area contributed by atoms with E-state index in [9.17, 15) is 9.59 Å². The lowest BCUT2D eigenvalue weighted by molar-refractivity contribution is -0.111. The van der Waals surface area contributed by atoms with Crippen molar-refractivity contribution in [3.63, 3.8) is 0 Å². The fraction of sp³-hybridized carbons (Fsp3) is 0.333. The summed E-state index contributed by atoms with van der Waals surface area (Å²) in [6.45, 7) is 4.84. The molecule has 2 aromatic rings. The quantitative estimate of drug-likeness (QED) is 0.779. The van der Waals surface area contributed by atoms with Gasteiger partial charge in [0.1, 0.15) is 5.82 Å². The van der Waals surface area contributed by atoms with Gasteiger partial charge in [0, 0.05) is 43.0 Å². The second-order valence-corrected chi connectivity index (χ2v) is 6.75. The molecule has 1 N–H and O–H groups in total. The minimum Gasteiger partial charge on any atom is -0.481 e. The molecule has 0 unspecified atom stereocenters. The van der Waals surface area contributed by atoms with Crippen LogP contribution in [0, 0.1) is 5.92 Å². The van der Waals surface area contributed by atoms with Crippen molar-refractivity contribution in [3.8, 4) is 5.88 Å². The molecule has 2 amide bonds. The molecule has 7 heteroatoms. The van der Waals surface area contributed by atoms with Gasteiger partial charge in [-0.2, -0.15) is 4.98 Å². The fourth-order valence-corrected chi connectivity index (χ4v) is 3.34. The maximum atomic E-state index is 12.9. The summed E-state index contributed by atoms with van der Waals surface area (Å²) in [6, 6.07) is 8.63. The molecule has 146 valence electrons. The summed E-state index contributed by atoms with van der Waals surface area (Å²) in [5, 5.41) is 2.67. The van der Waals surface area contributed by atoms with E-state index >= 15 is 0 Å². The van der Waals surface area contributed by atoms with Gasteiger partial charge in [0.2, 0.25) is 11.8 Å². The number of piperidine rings is 1. The van der Waals surface area contributed by atoms with Crippen molar-refractivity contribution >= 4 is 17.5 Å². The molecule has 0 aliphatic carbocycles. The molecule has 1 aromatic heterocycles. The number of carbonyl (C=O) groups is 2. The maximum Gasteiger partial charge on any atom is 0.253 e. The maximum absolute atomic E-state index is 12.9. The number of amides is 2. The van der Waals surface area contributed by atoms with E-state index in [1.165, 1.54) is 6.08 Å². The van der Waals surface area contributed by atoms with Crippen LogP contribution in [0.3, 0.4) is 0 Å². The number of likely N-dealkylation sites (tertiary alicyclic amines) is 1. The third-order valence-electron chi connectivity index (χ3n) is 4.75. The zero-order valence-corrected chi connectivity index (χ0v) is 15.9. The number of ether oxygens (including phenoxy) is 1. The van der Waals surface area contributed by atoms with Crippen LogP contribution in [0.25, 0.3) is 0 Å².